The Balaban J connectivity index is 4.55. The van der Waals surface area contributed by atoms with Crippen LogP contribution in [-0.2, 0) is 19.7 Å². The van der Waals surface area contributed by atoms with Crippen LogP contribution in [0.15, 0.2) is 0 Å². The van der Waals surface area contributed by atoms with Crippen LogP contribution in [0.5, 0.6) is 0 Å². The van der Waals surface area contributed by atoms with Gasteiger partial charge >= 0.3 is 0 Å². The van der Waals surface area contributed by atoms with E-state index >= 15 is 0 Å². The summed E-state index contributed by atoms with van der Waals surface area (Å²) in [5, 5.41) is -1.22. The van der Waals surface area contributed by atoms with E-state index in [0.717, 1.165) is 0 Å². The average Bonchev–Trinajstić information content (AvgIpc) is 2.13. The lowest BCUT2D eigenvalue weighted by Crippen LogP contribution is -2.32. The number of sulfone groups is 2. The minimum Gasteiger partial charge on any atom is -0.329 e. The molecule has 1 unspecified atom stereocenters. The quantitative estimate of drug-likeness (QED) is 0.697. The van der Waals surface area contributed by atoms with E-state index in [1.165, 1.54) is 20.8 Å². The third-order valence-electron chi connectivity index (χ3n) is 2.32. The predicted molar refractivity (Wildman–Crippen MR) is 61.2 cm³/mol. The maximum atomic E-state index is 11.5. The molecule has 0 aliphatic rings. The molecule has 0 fully saturated rings. The largest absolute Gasteiger partial charge is 0.329 e. The van der Waals surface area contributed by atoms with E-state index in [2.05, 4.69) is 0 Å². The second kappa shape index (κ2) is 5.27. The third kappa shape index (κ3) is 4.48. The van der Waals surface area contributed by atoms with Crippen molar-refractivity contribution in [2.24, 2.45) is 5.73 Å². The topological polar surface area (TPSA) is 94.3 Å². The molecule has 0 aliphatic heterocycles. The van der Waals surface area contributed by atoms with Crippen molar-refractivity contribution < 1.29 is 16.8 Å². The predicted octanol–water partition coefficient (Wildman–Crippen LogP) is -0.428. The van der Waals surface area contributed by atoms with Gasteiger partial charge in [-0.25, -0.2) is 16.8 Å². The smallest absolute Gasteiger partial charge is 0.155 e. The summed E-state index contributed by atoms with van der Waals surface area (Å²) >= 11 is 0. The highest BCUT2D eigenvalue weighted by Crippen LogP contribution is 2.06. The first-order valence-electron chi connectivity index (χ1n) is 4.76. The van der Waals surface area contributed by atoms with E-state index in [1.807, 2.05) is 0 Å². The lowest BCUT2D eigenvalue weighted by Gasteiger charge is -2.11. The minimum absolute atomic E-state index is 0.0179. The van der Waals surface area contributed by atoms with Gasteiger partial charge in [-0.15, -0.1) is 0 Å². The maximum absolute atomic E-state index is 11.5. The average molecular weight is 257 g/mol. The van der Waals surface area contributed by atoms with Crippen molar-refractivity contribution in [3.8, 4) is 0 Å². The van der Waals surface area contributed by atoms with Gasteiger partial charge in [0.15, 0.2) is 19.7 Å². The summed E-state index contributed by atoms with van der Waals surface area (Å²) in [6.07, 6.45) is 0. The summed E-state index contributed by atoms with van der Waals surface area (Å²) in [5.41, 5.74) is 5.23. The minimum atomic E-state index is -3.38. The summed E-state index contributed by atoms with van der Waals surface area (Å²) in [4.78, 5) is 0. The summed E-state index contributed by atoms with van der Waals surface area (Å²) < 4.78 is 45.8. The first kappa shape index (κ1) is 14.9. The highest BCUT2D eigenvalue weighted by Gasteiger charge is 2.24. The van der Waals surface area contributed by atoms with Crippen LogP contribution in [0.3, 0.4) is 0 Å². The molecule has 0 saturated heterocycles. The number of hydrogen-bond acceptors (Lipinski definition) is 5. The van der Waals surface area contributed by atoms with Crippen LogP contribution in [0, 0.1) is 0 Å². The van der Waals surface area contributed by atoms with Gasteiger partial charge in [-0.2, -0.15) is 0 Å². The molecule has 7 heteroatoms. The second-order valence-electron chi connectivity index (χ2n) is 3.83. The summed E-state index contributed by atoms with van der Waals surface area (Å²) in [5.74, 6) is -0.663. The van der Waals surface area contributed by atoms with Gasteiger partial charge < -0.3 is 5.73 Å². The zero-order valence-electron chi connectivity index (χ0n) is 9.30. The normalized spacial score (nSPS) is 15.5. The van der Waals surface area contributed by atoms with Gasteiger partial charge in [0, 0.05) is 6.54 Å². The van der Waals surface area contributed by atoms with Gasteiger partial charge in [0.05, 0.1) is 22.0 Å². The van der Waals surface area contributed by atoms with Crippen molar-refractivity contribution in [1.29, 1.82) is 0 Å². The van der Waals surface area contributed by atoms with Crippen LogP contribution in [0.2, 0.25) is 0 Å². The van der Waals surface area contributed by atoms with Crippen molar-refractivity contribution in [2.45, 2.75) is 31.3 Å². The molecule has 0 heterocycles. The van der Waals surface area contributed by atoms with E-state index < -0.39 is 30.2 Å². The molecule has 0 aliphatic carbocycles. The highest BCUT2D eigenvalue weighted by molar-refractivity contribution is 7.95. The fraction of sp³-hybridized carbons (Fsp3) is 1.00. The Hall–Kier alpha value is -0.140. The molecule has 0 spiro atoms. The highest BCUT2D eigenvalue weighted by atomic mass is 32.2. The fourth-order valence-electron chi connectivity index (χ4n) is 0.816. The van der Waals surface area contributed by atoms with Crippen molar-refractivity contribution in [3.05, 3.63) is 0 Å². The Labute approximate surface area is 91.9 Å². The van der Waals surface area contributed by atoms with Crippen LogP contribution in [0.4, 0.5) is 0 Å². The van der Waals surface area contributed by atoms with E-state index in [1.54, 1.807) is 0 Å². The number of nitrogens with two attached hydrogens (primary N) is 1. The fourth-order valence-corrected chi connectivity index (χ4v) is 3.84. The Morgan fingerprint density at radius 2 is 1.33 bits per heavy atom. The Morgan fingerprint density at radius 3 is 1.67 bits per heavy atom. The molecule has 0 bridgehead atoms. The van der Waals surface area contributed by atoms with Gasteiger partial charge in [-0.1, -0.05) is 0 Å². The lowest BCUT2D eigenvalue weighted by atomic mass is 10.5. The van der Waals surface area contributed by atoms with Gasteiger partial charge in [-0.3, -0.25) is 0 Å². The Kier molecular flexibility index (Phi) is 5.22. The third-order valence-corrected chi connectivity index (χ3v) is 6.98. The maximum Gasteiger partial charge on any atom is 0.155 e. The molecule has 0 aromatic carbocycles. The molecule has 15 heavy (non-hydrogen) atoms. The van der Waals surface area contributed by atoms with E-state index in [-0.39, 0.29) is 18.1 Å². The van der Waals surface area contributed by atoms with Crippen molar-refractivity contribution in [2.75, 3.05) is 18.1 Å². The van der Waals surface area contributed by atoms with Crippen LogP contribution in [0.25, 0.3) is 0 Å². The van der Waals surface area contributed by atoms with Crippen molar-refractivity contribution in [3.63, 3.8) is 0 Å². The summed E-state index contributed by atoms with van der Waals surface area (Å²) in [6, 6.07) is 0. The molecule has 0 radical (unpaired) electrons. The molecular formula is C8H19NO4S2. The van der Waals surface area contributed by atoms with Gasteiger partial charge in [0.1, 0.15) is 0 Å². The van der Waals surface area contributed by atoms with E-state index in [0.29, 0.717) is 0 Å². The zero-order chi connectivity index (χ0) is 12.3. The second-order valence-corrected chi connectivity index (χ2v) is 9.04. The molecule has 0 aromatic heterocycles. The first-order valence-corrected chi connectivity index (χ1v) is 8.19. The van der Waals surface area contributed by atoms with Gasteiger partial charge in [0.25, 0.3) is 0 Å². The monoisotopic (exact) mass is 257 g/mol. The Morgan fingerprint density at radius 1 is 0.933 bits per heavy atom. The molecule has 0 saturated carbocycles. The van der Waals surface area contributed by atoms with Crippen LogP contribution < -0.4 is 5.73 Å². The standard InChI is InChI=1S/C8H19NO4S2/c1-7(2)14(10,11)4-5-15(12,13)8(3)6-9/h7-8H,4-6,9H2,1-3H3. The van der Waals surface area contributed by atoms with E-state index in [9.17, 15) is 16.8 Å². The van der Waals surface area contributed by atoms with Crippen molar-refractivity contribution in [1.82, 2.24) is 0 Å². The number of hydrogen-bond donors (Lipinski definition) is 1. The molecule has 0 rings (SSSR count). The van der Waals surface area contributed by atoms with E-state index in [4.69, 9.17) is 5.73 Å². The number of rotatable bonds is 6. The Bertz CT molecular complexity index is 383. The molecule has 1 atom stereocenters. The van der Waals surface area contributed by atoms with Gasteiger partial charge in [-0.05, 0) is 20.8 Å². The lowest BCUT2D eigenvalue weighted by molar-refractivity contribution is 0.577. The van der Waals surface area contributed by atoms with Crippen molar-refractivity contribution >= 4 is 19.7 Å². The van der Waals surface area contributed by atoms with Crippen LogP contribution >= 0.6 is 0 Å². The molecular weight excluding hydrogens is 238 g/mol. The van der Waals surface area contributed by atoms with Gasteiger partial charge in [0.2, 0.25) is 0 Å². The summed E-state index contributed by atoms with van der Waals surface area (Å²) in [7, 11) is -6.67. The molecule has 2 N–H and O–H groups in total. The molecule has 0 amide bonds. The summed E-state index contributed by atoms with van der Waals surface area (Å²) in [6.45, 7) is 4.57. The molecule has 5 nitrogen and oxygen atoms in total. The first-order chi connectivity index (χ1) is 6.63. The SMILES string of the molecule is CC(C)S(=O)(=O)CCS(=O)(=O)C(C)CN. The molecule has 0 aromatic rings. The zero-order valence-corrected chi connectivity index (χ0v) is 10.9. The molecule has 92 valence electrons. The van der Waals surface area contributed by atoms with Crippen LogP contribution in [0.1, 0.15) is 20.8 Å². The van der Waals surface area contributed by atoms with Crippen LogP contribution in [-0.4, -0.2) is 45.4 Å².